The second kappa shape index (κ2) is 8.09. The third-order valence-electron chi connectivity index (χ3n) is 2.39. The molecular formula is C14H23NO2. The molecule has 96 valence electrons. The summed E-state index contributed by atoms with van der Waals surface area (Å²) in [5.41, 5.74) is 2.44. The summed E-state index contributed by atoms with van der Waals surface area (Å²) in [6.07, 6.45) is 0.281. The van der Waals surface area contributed by atoms with Crippen LogP contribution in [-0.2, 0) is 9.47 Å². The van der Waals surface area contributed by atoms with Gasteiger partial charge in [-0.15, -0.1) is 0 Å². The molecule has 0 unspecified atom stereocenters. The van der Waals surface area contributed by atoms with Crippen molar-refractivity contribution in [2.24, 2.45) is 0 Å². The van der Waals surface area contributed by atoms with E-state index in [-0.39, 0.29) is 6.10 Å². The standard InChI is InChI=1S/C14H23NO2/c1-12(2)17-11-10-16-9-8-15-14-7-5-4-6-13(14)3/h4-7,12,15H,8-11H2,1-3H3. The summed E-state index contributed by atoms with van der Waals surface area (Å²) in [6, 6.07) is 8.25. The zero-order valence-corrected chi connectivity index (χ0v) is 11.0. The molecular weight excluding hydrogens is 214 g/mol. The molecule has 0 bridgehead atoms. The first-order chi connectivity index (χ1) is 8.20. The highest BCUT2D eigenvalue weighted by Gasteiger charge is 1.96. The molecule has 0 saturated heterocycles. The van der Waals surface area contributed by atoms with E-state index < -0.39 is 0 Å². The lowest BCUT2D eigenvalue weighted by Gasteiger charge is -2.10. The van der Waals surface area contributed by atoms with Crippen LogP contribution in [0.2, 0.25) is 0 Å². The van der Waals surface area contributed by atoms with E-state index in [4.69, 9.17) is 9.47 Å². The molecule has 0 heterocycles. The van der Waals surface area contributed by atoms with Gasteiger partial charge >= 0.3 is 0 Å². The van der Waals surface area contributed by atoms with E-state index >= 15 is 0 Å². The Morgan fingerprint density at radius 1 is 1.12 bits per heavy atom. The minimum atomic E-state index is 0.281. The largest absolute Gasteiger partial charge is 0.383 e. The monoisotopic (exact) mass is 237 g/mol. The topological polar surface area (TPSA) is 30.5 Å². The summed E-state index contributed by atoms with van der Waals surface area (Å²) in [5.74, 6) is 0. The fourth-order valence-electron chi connectivity index (χ4n) is 1.47. The molecule has 0 aliphatic rings. The summed E-state index contributed by atoms with van der Waals surface area (Å²) in [6.45, 7) is 9.01. The Hall–Kier alpha value is -1.06. The van der Waals surface area contributed by atoms with Crippen molar-refractivity contribution in [3.8, 4) is 0 Å². The van der Waals surface area contributed by atoms with Crippen LogP contribution >= 0.6 is 0 Å². The highest BCUT2D eigenvalue weighted by atomic mass is 16.5. The lowest BCUT2D eigenvalue weighted by molar-refractivity contribution is 0.0222. The average molecular weight is 237 g/mol. The van der Waals surface area contributed by atoms with Crippen LogP contribution in [0.1, 0.15) is 19.4 Å². The van der Waals surface area contributed by atoms with Crippen molar-refractivity contribution in [2.75, 3.05) is 31.7 Å². The Kier molecular flexibility index (Phi) is 6.67. The molecule has 17 heavy (non-hydrogen) atoms. The predicted octanol–water partition coefficient (Wildman–Crippen LogP) is 2.85. The molecule has 0 fully saturated rings. The number of rotatable bonds is 8. The van der Waals surface area contributed by atoms with Crippen molar-refractivity contribution in [2.45, 2.75) is 26.9 Å². The maximum atomic E-state index is 5.46. The zero-order chi connectivity index (χ0) is 12.5. The van der Waals surface area contributed by atoms with Gasteiger partial charge in [-0.2, -0.15) is 0 Å². The zero-order valence-electron chi connectivity index (χ0n) is 11.0. The molecule has 1 rings (SSSR count). The van der Waals surface area contributed by atoms with Gasteiger partial charge in [0, 0.05) is 12.2 Å². The van der Waals surface area contributed by atoms with Crippen molar-refractivity contribution in [3.63, 3.8) is 0 Å². The molecule has 0 saturated carbocycles. The lowest BCUT2D eigenvalue weighted by Crippen LogP contribution is -2.14. The first-order valence-corrected chi connectivity index (χ1v) is 6.19. The van der Waals surface area contributed by atoms with Gasteiger partial charge in [0.1, 0.15) is 0 Å². The van der Waals surface area contributed by atoms with Crippen LogP contribution in [0.15, 0.2) is 24.3 Å². The van der Waals surface area contributed by atoms with Crippen molar-refractivity contribution in [1.29, 1.82) is 0 Å². The highest BCUT2D eigenvalue weighted by Crippen LogP contribution is 2.12. The summed E-state index contributed by atoms with van der Waals surface area (Å²) in [7, 11) is 0. The SMILES string of the molecule is Cc1ccccc1NCCOCCOC(C)C. The van der Waals surface area contributed by atoms with Crippen LogP contribution in [0.4, 0.5) is 5.69 Å². The van der Waals surface area contributed by atoms with Gasteiger partial charge in [-0.05, 0) is 32.4 Å². The Morgan fingerprint density at radius 2 is 1.88 bits per heavy atom. The van der Waals surface area contributed by atoms with Gasteiger partial charge in [-0.1, -0.05) is 18.2 Å². The third kappa shape index (κ3) is 6.29. The molecule has 1 N–H and O–H groups in total. The number of anilines is 1. The maximum Gasteiger partial charge on any atom is 0.0703 e. The third-order valence-corrected chi connectivity index (χ3v) is 2.39. The van der Waals surface area contributed by atoms with Gasteiger partial charge < -0.3 is 14.8 Å². The first-order valence-electron chi connectivity index (χ1n) is 6.19. The van der Waals surface area contributed by atoms with E-state index in [1.807, 2.05) is 26.0 Å². The van der Waals surface area contributed by atoms with Crippen molar-refractivity contribution < 1.29 is 9.47 Å². The number of hydrogen-bond acceptors (Lipinski definition) is 3. The quantitative estimate of drug-likeness (QED) is 0.705. The summed E-state index contributed by atoms with van der Waals surface area (Å²) >= 11 is 0. The minimum Gasteiger partial charge on any atom is -0.383 e. The highest BCUT2D eigenvalue weighted by molar-refractivity contribution is 5.50. The van der Waals surface area contributed by atoms with E-state index in [0.717, 1.165) is 6.54 Å². The molecule has 0 aliphatic heterocycles. The number of hydrogen-bond donors (Lipinski definition) is 1. The molecule has 0 aliphatic carbocycles. The average Bonchev–Trinajstić information content (AvgIpc) is 2.30. The van der Waals surface area contributed by atoms with E-state index in [2.05, 4.69) is 24.4 Å². The van der Waals surface area contributed by atoms with E-state index in [1.165, 1.54) is 11.3 Å². The van der Waals surface area contributed by atoms with E-state index in [0.29, 0.717) is 19.8 Å². The maximum absolute atomic E-state index is 5.46. The van der Waals surface area contributed by atoms with Crippen molar-refractivity contribution in [3.05, 3.63) is 29.8 Å². The Labute approximate surface area is 104 Å². The molecule has 1 aromatic carbocycles. The van der Waals surface area contributed by atoms with Gasteiger partial charge in [0.05, 0.1) is 25.9 Å². The Bertz CT molecular complexity index is 313. The smallest absolute Gasteiger partial charge is 0.0703 e. The fraction of sp³-hybridized carbons (Fsp3) is 0.571. The number of para-hydroxylation sites is 1. The molecule has 0 aromatic heterocycles. The van der Waals surface area contributed by atoms with Crippen LogP contribution in [0.3, 0.4) is 0 Å². The molecule has 0 spiro atoms. The van der Waals surface area contributed by atoms with Crippen LogP contribution in [0, 0.1) is 6.92 Å². The predicted molar refractivity (Wildman–Crippen MR) is 71.6 cm³/mol. The first kappa shape index (κ1) is 14.0. The number of ether oxygens (including phenoxy) is 2. The molecule has 0 atom stereocenters. The second-order valence-corrected chi connectivity index (χ2v) is 4.27. The van der Waals surface area contributed by atoms with Crippen molar-refractivity contribution >= 4 is 5.69 Å². The van der Waals surface area contributed by atoms with Crippen LogP contribution in [0.5, 0.6) is 0 Å². The van der Waals surface area contributed by atoms with E-state index in [9.17, 15) is 0 Å². The van der Waals surface area contributed by atoms with Crippen molar-refractivity contribution in [1.82, 2.24) is 0 Å². The summed E-state index contributed by atoms with van der Waals surface area (Å²) in [5, 5.41) is 3.35. The number of nitrogens with one attached hydrogen (secondary N) is 1. The normalized spacial score (nSPS) is 10.8. The van der Waals surface area contributed by atoms with Crippen LogP contribution in [0.25, 0.3) is 0 Å². The number of aryl methyl sites for hydroxylation is 1. The molecule has 0 amide bonds. The number of benzene rings is 1. The fourth-order valence-corrected chi connectivity index (χ4v) is 1.47. The summed E-state index contributed by atoms with van der Waals surface area (Å²) in [4.78, 5) is 0. The molecule has 0 radical (unpaired) electrons. The Morgan fingerprint density at radius 3 is 2.59 bits per heavy atom. The Balaban J connectivity index is 2.03. The summed E-state index contributed by atoms with van der Waals surface area (Å²) < 4.78 is 10.8. The molecule has 3 nitrogen and oxygen atoms in total. The van der Waals surface area contributed by atoms with Gasteiger partial charge in [0.15, 0.2) is 0 Å². The molecule has 3 heteroatoms. The van der Waals surface area contributed by atoms with Crippen LogP contribution in [-0.4, -0.2) is 32.5 Å². The van der Waals surface area contributed by atoms with Gasteiger partial charge in [-0.3, -0.25) is 0 Å². The lowest BCUT2D eigenvalue weighted by atomic mass is 10.2. The van der Waals surface area contributed by atoms with Gasteiger partial charge in [0.2, 0.25) is 0 Å². The minimum absolute atomic E-state index is 0.281. The molecule has 1 aromatic rings. The second-order valence-electron chi connectivity index (χ2n) is 4.27. The van der Waals surface area contributed by atoms with E-state index in [1.54, 1.807) is 0 Å². The van der Waals surface area contributed by atoms with Gasteiger partial charge in [-0.25, -0.2) is 0 Å². The van der Waals surface area contributed by atoms with Crippen LogP contribution < -0.4 is 5.32 Å². The van der Waals surface area contributed by atoms with Gasteiger partial charge in [0.25, 0.3) is 0 Å².